The number of alkyl halides is 3. The molecule has 5 nitrogen and oxygen atoms in total. The molecule has 3 rings (SSSR count). The molecule has 1 aromatic carbocycles. The van der Waals surface area contributed by atoms with E-state index in [1.54, 1.807) is 17.8 Å². The number of halogens is 4. The Kier molecular flexibility index (Phi) is 7.39. The summed E-state index contributed by atoms with van der Waals surface area (Å²) in [4.78, 5) is 4.31. The quantitative estimate of drug-likeness (QED) is 0.740. The minimum atomic E-state index is -4.30. The van der Waals surface area contributed by atoms with Crippen LogP contribution in [0.1, 0.15) is 5.56 Å². The van der Waals surface area contributed by atoms with Crippen LogP contribution in [0.4, 0.5) is 24.0 Å². The topological polar surface area (TPSA) is 58.3 Å². The summed E-state index contributed by atoms with van der Waals surface area (Å²) < 4.78 is 39.4. The molecule has 0 aliphatic carbocycles. The van der Waals surface area contributed by atoms with Gasteiger partial charge in [0.1, 0.15) is 0 Å². The summed E-state index contributed by atoms with van der Waals surface area (Å²) in [6.07, 6.45) is -4.30. The molecular weight excluding hydrogens is 407 g/mol. The van der Waals surface area contributed by atoms with E-state index < -0.39 is 11.7 Å². The summed E-state index contributed by atoms with van der Waals surface area (Å²) in [6.45, 7) is 4.00. The molecule has 0 spiro atoms. The summed E-state index contributed by atoms with van der Waals surface area (Å²) in [5, 5.41) is 8.21. The second kappa shape index (κ2) is 9.12. The van der Waals surface area contributed by atoms with Crippen LogP contribution in [0.2, 0.25) is 0 Å². The predicted octanol–water partition coefficient (Wildman–Crippen LogP) is 3.48. The fourth-order valence-electron chi connectivity index (χ4n) is 2.65. The number of nitrogen functional groups attached to an aromatic ring is 1. The molecule has 0 amide bonds. The van der Waals surface area contributed by atoms with E-state index in [-0.39, 0.29) is 12.4 Å². The van der Waals surface area contributed by atoms with Gasteiger partial charge in [0, 0.05) is 44.2 Å². The highest BCUT2D eigenvalue weighted by Gasteiger charge is 2.31. The second-order valence-electron chi connectivity index (χ2n) is 5.63. The minimum Gasteiger partial charge on any atom is -0.374 e. The van der Waals surface area contributed by atoms with Crippen molar-refractivity contribution in [2.75, 3.05) is 49.1 Å². The minimum absolute atomic E-state index is 0. The molecule has 11 heteroatoms. The molecule has 2 N–H and O–H groups in total. The fourth-order valence-corrected chi connectivity index (χ4v) is 4.36. The highest BCUT2D eigenvalue weighted by Crippen LogP contribution is 2.32. The van der Waals surface area contributed by atoms with Gasteiger partial charge in [0.05, 0.1) is 5.56 Å². The monoisotopic (exact) mass is 425 g/mol. The number of anilines is 2. The maximum atomic E-state index is 12.8. The fraction of sp³-hybridized carbons (Fsp3) is 0.467. The molecule has 2 aromatic rings. The van der Waals surface area contributed by atoms with Crippen LogP contribution in [-0.2, 0) is 6.18 Å². The number of nitrogens with zero attached hydrogens (tertiary/aromatic N) is 4. The molecule has 0 saturated carbocycles. The van der Waals surface area contributed by atoms with Gasteiger partial charge in [0.2, 0.25) is 5.13 Å². The Labute approximate surface area is 164 Å². The van der Waals surface area contributed by atoms with Crippen molar-refractivity contribution in [1.29, 1.82) is 0 Å². The first kappa shape index (κ1) is 21.1. The van der Waals surface area contributed by atoms with Crippen molar-refractivity contribution in [3.05, 3.63) is 29.8 Å². The molecule has 144 valence electrons. The summed E-state index contributed by atoms with van der Waals surface area (Å²) in [5.74, 6) is 0.887. The number of benzene rings is 1. The van der Waals surface area contributed by atoms with Gasteiger partial charge in [-0.3, -0.25) is 4.90 Å². The molecule has 0 atom stereocenters. The maximum absolute atomic E-state index is 12.8. The van der Waals surface area contributed by atoms with Crippen LogP contribution in [0.5, 0.6) is 0 Å². The Bertz CT molecular complexity index is 705. The molecule has 2 heterocycles. The zero-order valence-corrected chi connectivity index (χ0v) is 16.2. The van der Waals surface area contributed by atoms with Gasteiger partial charge in [-0.1, -0.05) is 29.2 Å². The van der Waals surface area contributed by atoms with E-state index in [0.717, 1.165) is 48.9 Å². The molecule has 0 unspecified atom stereocenters. The number of piperazine rings is 1. The van der Waals surface area contributed by atoms with E-state index in [4.69, 9.17) is 5.73 Å². The lowest BCUT2D eigenvalue weighted by Gasteiger charge is -2.36. The molecule has 1 fully saturated rings. The average Bonchev–Trinajstić information content (AvgIpc) is 3.00. The zero-order chi connectivity index (χ0) is 17.9. The third kappa shape index (κ3) is 5.63. The molecule has 1 aliphatic rings. The van der Waals surface area contributed by atoms with Gasteiger partial charge in [-0.05, 0) is 18.2 Å². The SMILES string of the molecule is Cl.Nc1nnc(SCCN2CCN(c3cccc(C(F)(F)F)c3)CC2)s1. The third-order valence-corrected chi connectivity index (χ3v) is 5.83. The molecule has 26 heavy (non-hydrogen) atoms. The van der Waals surface area contributed by atoms with Gasteiger partial charge in [-0.25, -0.2) is 0 Å². The number of thioether (sulfide) groups is 1. The standard InChI is InChI=1S/C15H18F3N5S2.ClH/c16-15(17,18)11-2-1-3-12(10-11)23-6-4-22(5-7-23)8-9-24-14-21-20-13(19)25-14;/h1-3,10H,4-9H2,(H2,19,20);1H. The van der Waals surface area contributed by atoms with E-state index in [0.29, 0.717) is 10.8 Å². The largest absolute Gasteiger partial charge is 0.416 e. The van der Waals surface area contributed by atoms with Crippen molar-refractivity contribution in [3.8, 4) is 0 Å². The van der Waals surface area contributed by atoms with Crippen LogP contribution in [0.3, 0.4) is 0 Å². The van der Waals surface area contributed by atoms with Crippen molar-refractivity contribution in [2.45, 2.75) is 10.5 Å². The molecule has 1 saturated heterocycles. The number of hydrogen-bond donors (Lipinski definition) is 1. The first-order valence-electron chi connectivity index (χ1n) is 7.78. The first-order valence-corrected chi connectivity index (χ1v) is 9.58. The van der Waals surface area contributed by atoms with Crippen molar-refractivity contribution in [1.82, 2.24) is 15.1 Å². The zero-order valence-electron chi connectivity index (χ0n) is 13.8. The van der Waals surface area contributed by atoms with Crippen molar-refractivity contribution in [2.24, 2.45) is 0 Å². The molecular formula is C15H19ClF3N5S2. The smallest absolute Gasteiger partial charge is 0.374 e. The summed E-state index contributed by atoms with van der Waals surface area (Å²) >= 11 is 3.00. The van der Waals surface area contributed by atoms with Gasteiger partial charge in [-0.2, -0.15) is 13.2 Å². The van der Waals surface area contributed by atoms with Gasteiger partial charge in [0.25, 0.3) is 0 Å². The van der Waals surface area contributed by atoms with E-state index in [9.17, 15) is 13.2 Å². The van der Waals surface area contributed by atoms with Crippen LogP contribution >= 0.6 is 35.5 Å². The summed E-state index contributed by atoms with van der Waals surface area (Å²) in [5.41, 5.74) is 5.58. The summed E-state index contributed by atoms with van der Waals surface area (Å²) in [6, 6.07) is 5.54. The van der Waals surface area contributed by atoms with Gasteiger partial charge in [0.15, 0.2) is 4.34 Å². The van der Waals surface area contributed by atoms with Crippen LogP contribution in [-0.4, -0.2) is 53.6 Å². The van der Waals surface area contributed by atoms with Crippen molar-refractivity contribution in [3.63, 3.8) is 0 Å². The summed E-state index contributed by atoms with van der Waals surface area (Å²) in [7, 11) is 0. The van der Waals surface area contributed by atoms with Gasteiger partial charge in [-0.15, -0.1) is 22.6 Å². The van der Waals surface area contributed by atoms with Crippen LogP contribution in [0, 0.1) is 0 Å². The number of rotatable bonds is 5. The molecule has 0 bridgehead atoms. The third-order valence-electron chi connectivity index (χ3n) is 3.97. The molecule has 1 aromatic heterocycles. The maximum Gasteiger partial charge on any atom is 0.416 e. The Morgan fingerprint density at radius 2 is 1.88 bits per heavy atom. The van der Waals surface area contributed by atoms with E-state index in [2.05, 4.69) is 15.1 Å². The average molecular weight is 426 g/mol. The van der Waals surface area contributed by atoms with Crippen molar-refractivity contribution >= 4 is 46.3 Å². The van der Waals surface area contributed by atoms with Gasteiger partial charge >= 0.3 is 6.18 Å². The van der Waals surface area contributed by atoms with Crippen molar-refractivity contribution < 1.29 is 13.2 Å². The van der Waals surface area contributed by atoms with E-state index >= 15 is 0 Å². The first-order chi connectivity index (χ1) is 11.9. The Balaban J connectivity index is 0.00000243. The van der Waals surface area contributed by atoms with E-state index in [1.807, 2.05) is 4.90 Å². The molecule has 1 aliphatic heterocycles. The lowest BCUT2D eigenvalue weighted by molar-refractivity contribution is -0.137. The van der Waals surface area contributed by atoms with Gasteiger partial charge < -0.3 is 10.6 Å². The normalized spacial score (nSPS) is 15.7. The van der Waals surface area contributed by atoms with Crippen LogP contribution in [0.15, 0.2) is 28.6 Å². The lowest BCUT2D eigenvalue weighted by atomic mass is 10.1. The Morgan fingerprint density at radius 3 is 2.50 bits per heavy atom. The Morgan fingerprint density at radius 1 is 1.15 bits per heavy atom. The number of hydrogen-bond acceptors (Lipinski definition) is 7. The highest BCUT2D eigenvalue weighted by molar-refractivity contribution is 8.01. The van der Waals surface area contributed by atoms with Crippen LogP contribution in [0.25, 0.3) is 0 Å². The van der Waals surface area contributed by atoms with Crippen LogP contribution < -0.4 is 10.6 Å². The Hall–Kier alpha value is -1.23. The number of nitrogens with two attached hydrogens (primary N) is 1. The lowest BCUT2D eigenvalue weighted by Crippen LogP contribution is -2.47. The second-order valence-corrected chi connectivity index (χ2v) is 7.98. The van der Waals surface area contributed by atoms with E-state index in [1.165, 1.54) is 23.5 Å². The predicted molar refractivity (Wildman–Crippen MR) is 102 cm³/mol. The molecule has 0 radical (unpaired) electrons. The number of aromatic nitrogens is 2. The highest BCUT2D eigenvalue weighted by atomic mass is 35.5.